The van der Waals surface area contributed by atoms with E-state index in [9.17, 15) is 18.4 Å². The normalized spacial score (nSPS) is 18.2. The molecule has 3 rings (SSSR count). The number of nitrogens with zero attached hydrogens (tertiary/aromatic N) is 1. The summed E-state index contributed by atoms with van der Waals surface area (Å²) in [6, 6.07) is 3.39. The van der Waals surface area contributed by atoms with E-state index in [4.69, 9.17) is 0 Å². The van der Waals surface area contributed by atoms with E-state index < -0.39 is 11.6 Å². The molecule has 0 radical (unpaired) electrons. The Morgan fingerprint density at radius 1 is 1.33 bits per heavy atom. The van der Waals surface area contributed by atoms with Crippen LogP contribution in [0.4, 0.5) is 8.78 Å². The molecule has 1 unspecified atom stereocenters. The molecule has 0 spiro atoms. The number of nitrogens with one attached hydrogen (secondary N) is 1. The molecule has 1 amide bonds. The van der Waals surface area contributed by atoms with Crippen LogP contribution < -0.4 is 4.87 Å². The van der Waals surface area contributed by atoms with Gasteiger partial charge in [-0.05, 0) is 30.5 Å². The van der Waals surface area contributed by atoms with Gasteiger partial charge in [-0.1, -0.05) is 17.4 Å². The number of hydrogen-bond donors (Lipinski definition) is 1. The smallest absolute Gasteiger partial charge is 0.305 e. The van der Waals surface area contributed by atoms with Gasteiger partial charge in [0, 0.05) is 11.9 Å². The average Bonchev–Trinajstić information content (AvgIpc) is 3.10. The molecule has 1 aliphatic heterocycles. The fourth-order valence-corrected chi connectivity index (χ4v) is 3.17. The number of rotatable bonds is 2. The quantitative estimate of drug-likeness (QED) is 0.927. The Balaban J connectivity index is 1.90. The van der Waals surface area contributed by atoms with Gasteiger partial charge in [0.05, 0.1) is 6.04 Å². The lowest BCUT2D eigenvalue weighted by Crippen LogP contribution is -2.31. The predicted octanol–water partition coefficient (Wildman–Crippen LogP) is 2.69. The van der Waals surface area contributed by atoms with Crippen LogP contribution in [0.3, 0.4) is 0 Å². The van der Waals surface area contributed by atoms with Gasteiger partial charge in [0.2, 0.25) is 0 Å². The predicted molar refractivity (Wildman–Crippen MR) is 74.3 cm³/mol. The maximum Gasteiger partial charge on any atom is 0.305 e. The van der Waals surface area contributed by atoms with Gasteiger partial charge >= 0.3 is 4.87 Å². The number of halogens is 2. The summed E-state index contributed by atoms with van der Waals surface area (Å²) >= 11 is 0.925. The second-order valence-corrected chi connectivity index (χ2v) is 5.73. The molecule has 110 valence electrons. The zero-order valence-corrected chi connectivity index (χ0v) is 11.8. The SMILES string of the molecule is O=C(c1csc(=O)[nH]1)N1CCCC1c1ccc(F)c(F)c1. The Kier molecular flexibility index (Phi) is 3.59. The summed E-state index contributed by atoms with van der Waals surface area (Å²) in [4.78, 5) is 27.3. The molecule has 7 heteroatoms. The van der Waals surface area contributed by atoms with E-state index in [0.29, 0.717) is 18.5 Å². The molecule has 2 aromatic rings. The highest BCUT2D eigenvalue weighted by atomic mass is 32.1. The number of benzene rings is 1. The van der Waals surface area contributed by atoms with Gasteiger partial charge in [0.25, 0.3) is 5.91 Å². The van der Waals surface area contributed by atoms with E-state index in [2.05, 4.69) is 4.98 Å². The molecular formula is C14H12F2N2O2S. The van der Waals surface area contributed by atoms with Crippen molar-refractivity contribution < 1.29 is 13.6 Å². The lowest BCUT2D eigenvalue weighted by molar-refractivity contribution is 0.0730. The number of aromatic amines is 1. The molecular weight excluding hydrogens is 298 g/mol. The van der Waals surface area contributed by atoms with Crippen molar-refractivity contribution in [1.82, 2.24) is 9.88 Å². The number of carbonyl (C=O) groups is 1. The van der Waals surface area contributed by atoms with Gasteiger partial charge in [-0.15, -0.1) is 0 Å². The molecule has 1 fully saturated rings. The minimum atomic E-state index is -0.921. The van der Waals surface area contributed by atoms with Crippen LogP contribution in [0.15, 0.2) is 28.4 Å². The van der Waals surface area contributed by atoms with Crippen LogP contribution in [-0.4, -0.2) is 22.3 Å². The minimum Gasteiger partial charge on any atom is -0.330 e. The van der Waals surface area contributed by atoms with Crippen LogP contribution in [0.5, 0.6) is 0 Å². The molecule has 1 saturated heterocycles. The first-order chi connectivity index (χ1) is 10.1. The Labute approximate surface area is 123 Å². The third-order valence-electron chi connectivity index (χ3n) is 3.59. The molecule has 1 aliphatic rings. The van der Waals surface area contributed by atoms with E-state index >= 15 is 0 Å². The summed E-state index contributed by atoms with van der Waals surface area (Å²) in [6.45, 7) is 0.528. The molecule has 4 nitrogen and oxygen atoms in total. The molecule has 0 aliphatic carbocycles. The highest BCUT2D eigenvalue weighted by molar-refractivity contribution is 7.07. The van der Waals surface area contributed by atoms with Crippen molar-refractivity contribution in [2.75, 3.05) is 6.54 Å². The van der Waals surface area contributed by atoms with Gasteiger partial charge in [-0.3, -0.25) is 9.59 Å². The highest BCUT2D eigenvalue weighted by Crippen LogP contribution is 2.33. The van der Waals surface area contributed by atoms with Crippen molar-refractivity contribution in [3.63, 3.8) is 0 Å². The van der Waals surface area contributed by atoms with E-state index in [0.717, 1.165) is 29.9 Å². The summed E-state index contributed by atoms with van der Waals surface area (Å²) < 4.78 is 26.4. The summed E-state index contributed by atoms with van der Waals surface area (Å²) in [5, 5.41) is 1.48. The van der Waals surface area contributed by atoms with Gasteiger partial charge < -0.3 is 9.88 Å². The van der Waals surface area contributed by atoms with E-state index in [1.165, 1.54) is 11.4 Å². The van der Waals surface area contributed by atoms with Gasteiger partial charge in [0.15, 0.2) is 11.6 Å². The lowest BCUT2D eigenvalue weighted by atomic mass is 10.0. The maximum atomic E-state index is 13.4. The van der Waals surface area contributed by atoms with Gasteiger partial charge in [0.1, 0.15) is 5.69 Å². The zero-order chi connectivity index (χ0) is 15.0. The minimum absolute atomic E-state index is 0.236. The van der Waals surface area contributed by atoms with E-state index in [1.807, 2.05) is 0 Å². The van der Waals surface area contributed by atoms with Crippen molar-refractivity contribution in [3.8, 4) is 0 Å². The fourth-order valence-electron chi connectivity index (χ4n) is 2.62. The summed E-state index contributed by atoms with van der Waals surface area (Å²) in [5.74, 6) is -2.12. The molecule has 1 atom stereocenters. The second-order valence-electron chi connectivity index (χ2n) is 4.89. The van der Waals surface area contributed by atoms with E-state index in [-0.39, 0.29) is 22.5 Å². The maximum absolute atomic E-state index is 13.4. The summed E-state index contributed by atoms with van der Waals surface area (Å²) in [7, 11) is 0. The number of H-pyrrole nitrogens is 1. The summed E-state index contributed by atoms with van der Waals surface area (Å²) in [6.07, 6.45) is 1.47. The molecule has 0 saturated carbocycles. The van der Waals surface area contributed by atoms with Crippen LogP contribution in [0, 0.1) is 11.6 Å². The molecule has 1 N–H and O–H groups in total. The number of carbonyl (C=O) groups excluding carboxylic acids is 1. The largest absolute Gasteiger partial charge is 0.330 e. The topological polar surface area (TPSA) is 53.2 Å². The van der Waals surface area contributed by atoms with Crippen LogP contribution in [0.2, 0.25) is 0 Å². The lowest BCUT2D eigenvalue weighted by Gasteiger charge is -2.24. The standard InChI is InChI=1S/C14H12F2N2O2S/c15-9-4-3-8(6-10(9)16)12-2-1-5-18(12)13(19)11-7-21-14(20)17-11/h3-4,6-7,12H,1-2,5H2,(H,17,20). The first-order valence-corrected chi connectivity index (χ1v) is 7.38. The van der Waals surface area contributed by atoms with E-state index in [1.54, 1.807) is 4.90 Å². The third-order valence-corrected chi connectivity index (χ3v) is 4.26. The van der Waals surface area contributed by atoms with Crippen molar-refractivity contribution in [3.05, 3.63) is 56.1 Å². The van der Waals surface area contributed by atoms with Crippen LogP contribution >= 0.6 is 11.3 Å². The molecule has 21 heavy (non-hydrogen) atoms. The van der Waals surface area contributed by atoms with Crippen LogP contribution in [0.25, 0.3) is 0 Å². The second kappa shape index (κ2) is 5.40. The summed E-state index contributed by atoms with van der Waals surface area (Å²) in [5.41, 5.74) is 0.803. The first-order valence-electron chi connectivity index (χ1n) is 6.50. The first kappa shape index (κ1) is 13.9. The average molecular weight is 310 g/mol. The van der Waals surface area contributed by atoms with Gasteiger partial charge in [-0.25, -0.2) is 8.78 Å². The Morgan fingerprint density at radius 2 is 2.14 bits per heavy atom. The number of likely N-dealkylation sites (tertiary alicyclic amines) is 1. The van der Waals surface area contributed by atoms with Crippen molar-refractivity contribution >= 4 is 17.2 Å². The monoisotopic (exact) mass is 310 g/mol. The number of aromatic nitrogens is 1. The molecule has 0 bridgehead atoms. The Hall–Kier alpha value is -2.02. The third kappa shape index (κ3) is 2.61. The van der Waals surface area contributed by atoms with Crippen molar-refractivity contribution in [1.29, 1.82) is 0 Å². The number of amides is 1. The fraction of sp³-hybridized carbons (Fsp3) is 0.286. The molecule has 1 aromatic carbocycles. The number of thiazole rings is 1. The number of hydrogen-bond acceptors (Lipinski definition) is 3. The van der Waals surface area contributed by atoms with Crippen LogP contribution in [-0.2, 0) is 0 Å². The molecule has 2 heterocycles. The van der Waals surface area contributed by atoms with Crippen LogP contribution in [0.1, 0.15) is 34.9 Å². The Morgan fingerprint density at radius 3 is 2.81 bits per heavy atom. The zero-order valence-electron chi connectivity index (χ0n) is 10.9. The van der Waals surface area contributed by atoms with Gasteiger partial charge in [-0.2, -0.15) is 0 Å². The Bertz CT molecular complexity index is 741. The van der Waals surface area contributed by atoms with Crippen molar-refractivity contribution in [2.45, 2.75) is 18.9 Å². The highest BCUT2D eigenvalue weighted by Gasteiger charge is 2.31. The molecule has 1 aromatic heterocycles. The van der Waals surface area contributed by atoms with Crippen molar-refractivity contribution in [2.24, 2.45) is 0 Å².